The average molecular weight is 484 g/mol. The Morgan fingerprint density at radius 2 is 1.54 bits per heavy atom. The van der Waals surface area contributed by atoms with Crippen LogP contribution in [0.1, 0.15) is 55.1 Å². The Morgan fingerprint density at radius 1 is 0.914 bits per heavy atom. The number of carbonyl (C=O) groups is 2. The molecule has 3 rings (SSSR count). The molecule has 0 saturated carbocycles. The molecule has 0 bridgehead atoms. The Labute approximate surface area is 203 Å². The van der Waals surface area contributed by atoms with Gasteiger partial charge in [-0.15, -0.1) is 0 Å². The van der Waals surface area contributed by atoms with Gasteiger partial charge in [-0.3, -0.25) is 4.79 Å². The van der Waals surface area contributed by atoms with Crippen LogP contribution in [0.15, 0.2) is 54.6 Å². The molecule has 8 heteroatoms. The van der Waals surface area contributed by atoms with E-state index in [1.165, 1.54) is 12.1 Å². The maximum Gasteiger partial charge on any atom is 0.338 e. The molecule has 0 saturated heterocycles. The number of hydrogen-bond donors (Lipinski definition) is 4. The summed E-state index contributed by atoms with van der Waals surface area (Å²) in [6.07, 6.45) is -2.62. The van der Waals surface area contributed by atoms with Gasteiger partial charge in [0.1, 0.15) is 5.82 Å². The molecule has 1 heterocycles. The number of aliphatic carboxylic acids is 1. The topological polar surface area (TPSA) is 120 Å². The zero-order chi connectivity index (χ0) is 25.7. The van der Waals surface area contributed by atoms with Gasteiger partial charge < -0.3 is 25.0 Å². The van der Waals surface area contributed by atoms with Gasteiger partial charge in [-0.1, -0.05) is 44.2 Å². The number of aromatic carboxylic acids is 1. The zero-order valence-electron chi connectivity index (χ0n) is 19.7. The van der Waals surface area contributed by atoms with E-state index in [0.29, 0.717) is 28.1 Å². The molecule has 0 amide bonds. The fourth-order valence-corrected chi connectivity index (χ4v) is 4.47. The number of aliphatic hydroxyl groups excluding tert-OH is 2. The Bertz CT molecular complexity index is 1170. The van der Waals surface area contributed by atoms with Crippen molar-refractivity contribution in [3.63, 3.8) is 0 Å². The average Bonchev–Trinajstić information content (AvgIpc) is 3.14. The van der Waals surface area contributed by atoms with Gasteiger partial charge in [0.2, 0.25) is 0 Å². The van der Waals surface area contributed by atoms with E-state index in [0.717, 1.165) is 0 Å². The molecule has 0 aliphatic carbocycles. The molecular weight excluding hydrogens is 453 g/mol. The van der Waals surface area contributed by atoms with Crippen molar-refractivity contribution in [3.05, 3.63) is 71.7 Å². The van der Waals surface area contributed by atoms with Gasteiger partial charge in [-0.05, 0) is 54.2 Å². The van der Waals surface area contributed by atoms with Crippen molar-refractivity contribution in [1.29, 1.82) is 0 Å². The smallest absolute Gasteiger partial charge is 0.338 e. The Kier molecular flexibility index (Phi) is 8.43. The van der Waals surface area contributed by atoms with E-state index < -0.39 is 36.4 Å². The maximum atomic E-state index is 13.7. The van der Waals surface area contributed by atoms with E-state index in [2.05, 4.69) is 0 Å². The number of aliphatic hydroxyl groups is 2. The summed E-state index contributed by atoms with van der Waals surface area (Å²) >= 11 is 0. The number of halogens is 1. The third-order valence-corrected chi connectivity index (χ3v) is 5.88. The molecule has 0 spiro atoms. The van der Waals surface area contributed by atoms with Crippen LogP contribution in [-0.2, 0) is 11.3 Å². The summed E-state index contributed by atoms with van der Waals surface area (Å²) in [4.78, 5) is 23.4. The molecule has 2 aromatic carbocycles. The Balaban J connectivity index is 2.16. The van der Waals surface area contributed by atoms with E-state index >= 15 is 0 Å². The fourth-order valence-electron chi connectivity index (χ4n) is 4.47. The molecule has 0 fully saturated rings. The van der Waals surface area contributed by atoms with Crippen LogP contribution in [0, 0.1) is 5.82 Å². The third kappa shape index (κ3) is 6.15. The van der Waals surface area contributed by atoms with Gasteiger partial charge in [0, 0.05) is 17.8 Å². The molecule has 1 aromatic heterocycles. The Hall–Kier alpha value is -3.49. The minimum atomic E-state index is -1.19. The third-order valence-electron chi connectivity index (χ3n) is 5.88. The van der Waals surface area contributed by atoms with E-state index in [1.807, 2.05) is 48.7 Å². The molecule has 0 aliphatic rings. The summed E-state index contributed by atoms with van der Waals surface area (Å²) in [6.45, 7) is 3.98. The number of hydrogen-bond acceptors (Lipinski definition) is 4. The lowest BCUT2D eigenvalue weighted by molar-refractivity contribution is -0.139. The van der Waals surface area contributed by atoms with Crippen LogP contribution in [-0.4, -0.2) is 49.1 Å². The maximum absolute atomic E-state index is 13.7. The van der Waals surface area contributed by atoms with Crippen LogP contribution in [0.4, 0.5) is 4.39 Å². The van der Waals surface area contributed by atoms with E-state index in [1.54, 1.807) is 12.1 Å². The molecule has 186 valence electrons. The number of benzene rings is 2. The number of carboxylic acid groups (broad SMARTS) is 2. The van der Waals surface area contributed by atoms with Crippen LogP contribution in [0.5, 0.6) is 0 Å². The van der Waals surface area contributed by atoms with Gasteiger partial charge in [-0.25, -0.2) is 9.18 Å². The van der Waals surface area contributed by atoms with Crippen molar-refractivity contribution in [2.75, 3.05) is 0 Å². The highest BCUT2D eigenvalue weighted by molar-refractivity contribution is 6.03. The lowest BCUT2D eigenvalue weighted by atomic mass is 9.95. The minimum Gasteiger partial charge on any atom is -0.481 e. The largest absolute Gasteiger partial charge is 0.481 e. The SMILES string of the molecule is CC(C)c1c(C(=O)O)c(-c2ccccc2)c(-c2ccc(F)cc2)n1CC[C@@H](O)C[C@@H](O)CC(=O)O. The molecular formula is C27H30FNO6. The number of aromatic nitrogens is 1. The predicted molar refractivity (Wildman–Crippen MR) is 130 cm³/mol. The van der Waals surface area contributed by atoms with E-state index in [-0.39, 0.29) is 30.9 Å². The summed E-state index contributed by atoms with van der Waals surface area (Å²) in [5, 5.41) is 39.5. The number of nitrogens with zero attached hydrogens (tertiary/aromatic N) is 1. The molecule has 0 aliphatic heterocycles. The van der Waals surface area contributed by atoms with Crippen molar-refractivity contribution in [1.82, 2.24) is 4.57 Å². The standard InChI is InChI=1S/C27H30FNO6/c1-16(2)25-24(27(34)35)23(17-6-4-3-5-7-17)26(18-8-10-19(28)11-9-18)29(25)13-12-20(30)14-21(31)15-22(32)33/h3-11,16,20-21,30-31H,12-15H2,1-2H3,(H,32,33)(H,34,35)/t20-,21-/m1/s1. The second kappa shape index (κ2) is 11.3. The molecule has 0 radical (unpaired) electrons. The molecule has 4 N–H and O–H groups in total. The highest BCUT2D eigenvalue weighted by Crippen LogP contribution is 2.42. The first-order valence-electron chi connectivity index (χ1n) is 11.5. The van der Waals surface area contributed by atoms with Crippen LogP contribution >= 0.6 is 0 Å². The summed E-state index contributed by atoms with van der Waals surface area (Å²) in [7, 11) is 0. The highest BCUT2D eigenvalue weighted by atomic mass is 19.1. The predicted octanol–water partition coefficient (Wildman–Crippen LogP) is 4.76. The first-order valence-corrected chi connectivity index (χ1v) is 11.5. The van der Waals surface area contributed by atoms with Crippen LogP contribution in [0.3, 0.4) is 0 Å². The molecule has 7 nitrogen and oxygen atoms in total. The quantitative estimate of drug-likeness (QED) is 0.312. The fraction of sp³-hybridized carbons (Fsp3) is 0.333. The minimum absolute atomic E-state index is 0.117. The zero-order valence-corrected chi connectivity index (χ0v) is 19.7. The van der Waals surface area contributed by atoms with Gasteiger partial charge in [0.15, 0.2) is 0 Å². The molecule has 3 aromatic rings. The first-order chi connectivity index (χ1) is 16.6. The van der Waals surface area contributed by atoms with Gasteiger partial charge in [0.05, 0.1) is 29.9 Å². The van der Waals surface area contributed by atoms with E-state index in [4.69, 9.17) is 5.11 Å². The van der Waals surface area contributed by atoms with Crippen molar-refractivity contribution in [2.24, 2.45) is 0 Å². The lowest BCUT2D eigenvalue weighted by Crippen LogP contribution is -2.22. The summed E-state index contributed by atoms with van der Waals surface area (Å²) in [6, 6.07) is 14.9. The van der Waals surface area contributed by atoms with Crippen LogP contribution in [0.25, 0.3) is 22.4 Å². The molecule has 35 heavy (non-hydrogen) atoms. The monoisotopic (exact) mass is 483 g/mol. The van der Waals surface area contributed by atoms with Crippen molar-refractivity contribution in [2.45, 2.75) is 57.8 Å². The summed E-state index contributed by atoms with van der Waals surface area (Å²) in [5.41, 5.74) is 3.13. The number of rotatable bonds is 11. The van der Waals surface area contributed by atoms with E-state index in [9.17, 15) is 29.3 Å². The van der Waals surface area contributed by atoms with Gasteiger partial charge in [0.25, 0.3) is 0 Å². The van der Waals surface area contributed by atoms with Crippen molar-refractivity contribution < 1.29 is 34.4 Å². The summed E-state index contributed by atoms with van der Waals surface area (Å²) < 4.78 is 15.6. The van der Waals surface area contributed by atoms with Crippen LogP contribution < -0.4 is 0 Å². The second-order valence-electron chi connectivity index (χ2n) is 8.90. The van der Waals surface area contributed by atoms with Crippen molar-refractivity contribution >= 4 is 11.9 Å². The Morgan fingerprint density at radius 3 is 2.09 bits per heavy atom. The first kappa shape index (κ1) is 26.1. The lowest BCUT2D eigenvalue weighted by Gasteiger charge is -2.20. The normalized spacial score (nSPS) is 13.1. The van der Waals surface area contributed by atoms with Crippen LogP contribution in [0.2, 0.25) is 0 Å². The van der Waals surface area contributed by atoms with Gasteiger partial charge in [-0.2, -0.15) is 0 Å². The molecule has 2 atom stereocenters. The summed E-state index contributed by atoms with van der Waals surface area (Å²) in [5.74, 6) is -2.85. The number of carboxylic acids is 2. The van der Waals surface area contributed by atoms with Crippen molar-refractivity contribution in [3.8, 4) is 22.4 Å². The van der Waals surface area contributed by atoms with Gasteiger partial charge >= 0.3 is 11.9 Å². The highest BCUT2D eigenvalue weighted by Gasteiger charge is 2.30. The second-order valence-corrected chi connectivity index (χ2v) is 8.90. The molecule has 0 unspecified atom stereocenters.